The average molecular weight is 474 g/mol. The van der Waals surface area contributed by atoms with E-state index in [-0.39, 0.29) is 28.6 Å². The minimum Gasteiger partial charge on any atom is -0.379 e. The van der Waals surface area contributed by atoms with Crippen LogP contribution in [0.25, 0.3) is 0 Å². The molecule has 1 amide bonds. The fourth-order valence-electron chi connectivity index (χ4n) is 2.69. The summed E-state index contributed by atoms with van der Waals surface area (Å²) in [5, 5.41) is 2.85. The predicted molar refractivity (Wildman–Crippen MR) is 108 cm³/mol. The number of hydrogen-bond donors (Lipinski definition) is 1. The van der Waals surface area contributed by atoms with Gasteiger partial charge in [-0.2, -0.15) is 4.31 Å². The maximum Gasteiger partial charge on any atom is 0.255 e. The molecule has 2 aromatic rings. The molecule has 1 heterocycles. The van der Waals surface area contributed by atoms with Crippen molar-refractivity contribution < 1.29 is 17.9 Å². The zero-order valence-corrected chi connectivity index (χ0v) is 17.7. The van der Waals surface area contributed by atoms with E-state index in [9.17, 15) is 13.2 Å². The van der Waals surface area contributed by atoms with E-state index in [2.05, 4.69) is 21.2 Å². The molecule has 144 valence electrons. The molecule has 3 rings (SSSR count). The molecular weight excluding hydrogens is 456 g/mol. The van der Waals surface area contributed by atoms with Gasteiger partial charge in [0.05, 0.1) is 18.2 Å². The van der Waals surface area contributed by atoms with E-state index in [0.717, 1.165) is 10.0 Å². The minimum atomic E-state index is -3.80. The molecule has 1 fully saturated rings. The monoisotopic (exact) mass is 472 g/mol. The summed E-state index contributed by atoms with van der Waals surface area (Å²) in [5.74, 6) is -0.410. The number of rotatable bonds is 4. The van der Waals surface area contributed by atoms with E-state index in [1.165, 1.54) is 22.5 Å². The number of anilines is 1. The van der Waals surface area contributed by atoms with Crippen LogP contribution in [-0.4, -0.2) is 44.9 Å². The Hall–Kier alpha value is -1.45. The van der Waals surface area contributed by atoms with Crippen molar-refractivity contribution in [1.29, 1.82) is 0 Å². The summed E-state index contributed by atoms with van der Waals surface area (Å²) in [6.07, 6.45) is 0. The van der Waals surface area contributed by atoms with Gasteiger partial charge in [0.2, 0.25) is 10.0 Å². The molecule has 1 saturated heterocycles. The summed E-state index contributed by atoms with van der Waals surface area (Å²) >= 11 is 9.54. The molecule has 9 heteroatoms. The largest absolute Gasteiger partial charge is 0.379 e. The Bertz CT molecular complexity index is 975. The number of benzene rings is 2. The standard InChI is InChI=1S/C18H18BrClN2O4S/c1-12-10-14(3-4-15(12)19)21-18(23)13-2-5-16(20)17(11-13)27(24,25)22-6-8-26-9-7-22/h2-5,10-11H,6-9H2,1H3,(H,21,23). The zero-order chi connectivity index (χ0) is 19.6. The average Bonchev–Trinajstić information content (AvgIpc) is 2.65. The van der Waals surface area contributed by atoms with Crippen molar-refractivity contribution in [3.8, 4) is 0 Å². The Morgan fingerprint density at radius 3 is 2.56 bits per heavy atom. The fraction of sp³-hybridized carbons (Fsp3) is 0.278. The minimum absolute atomic E-state index is 0.0781. The van der Waals surface area contributed by atoms with Crippen LogP contribution in [0.5, 0.6) is 0 Å². The van der Waals surface area contributed by atoms with Crippen LogP contribution in [0.3, 0.4) is 0 Å². The molecule has 0 aliphatic carbocycles. The van der Waals surface area contributed by atoms with Gasteiger partial charge in [0.1, 0.15) is 4.90 Å². The lowest BCUT2D eigenvalue weighted by molar-refractivity contribution is 0.0730. The van der Waals surface area contributed by atoms with Crippen molar-refractivity contribution in [3.05, 3.63) is 57.0 Å². The highest BCUT2D eigenvalue weighted by atomic mass is 79.9. The van der Waals surface area contributed by atoms with E-state index in [4.69, 9.17) is 16.3 Å². The van der Waals surface area contributed by atoms with Gasteiger partial charge in [-0.15, -0.1) is 0 Å². The molecule has 27 heavy (non-hydrogen) atoms. The lowest BCUT2D eigenvalue weighted by Gasteiger charge is -2.26. The second-order valence-electron chi connectivity index (χ2n) is 6.08. The third-order valence-electron chi connectivity index (χ3n) is 4.20. The molecule has 0 unspecified atom stereocenters. The van der Waals surface area contributed by atoms with Crippen LogP contribution in [0.15, 0.2) is 45.8 Å². The Balaban J connectivity index is 1.88. The number of nitrogens with zero attached hydrogens (tertiary/aromatic N) is 1. The van der Waals surface area contributed by atoms with E-state index in [1.54, 1.807) is 6.07 Å². The number of morpholine rings is 1. The van der Waals surface area contributed by atoms with Crippen molar-refractivity contribution in [2.45, 2.75) is 11.8 Å². The van der Waals surface area contributed by atoms with Crippen molar-refractivity contribution >= 4 is 49.1 Å². The molecular formula is C18H18BrClN2O4S. The van der Waals surface area contributed by atoms with E-state index in [0.29, 0.717) is 18.9 Å². The number of amides is 1. The number of hydrogen-bond acceptors (Lipinski definition) is 4. The molecule has 0 spiro atoms. The van der Waals surface area contributed by atoms with E-state index < -0.39 is 15.9 Å². The molecule has 1 N–H and O–H groups in total. The van der Waals surface area contributed by atoms with Crippen molar-refractivity contribution in [1.82, 2.24) is 4.31 Å². The summed E-state index contributed by atoms with van der Waals surface area (Å²) in [6.45, 7) is 3.09. The SMILES string of the molecule is Cc1cc(NC(=O)c2ccc(Cl)c(S(=O)(=O)N3CCOCC3)c2)ccc1Br. The first-order valence-corrected chi connectivity index (χ1v) is 10.8. The molecule has 0 atom stereocenters. The summed E-state index contributed by atoms with van der Waals surface area (Å²) in [5.41, 5.74) is 1.81. The van der Waals surface area contributed by atoms with Gasteiger partial charge >= 0.3 is 0 Å². The van der Waals surface area contributed by atoms with E-state index in [1.807, 2.05) is 19.1 Å². The fourth-order valence-corrected chi connectivity index (χ4v) is 4.85. The second kappa shape index (κ2) is 8.28. The molecule has 0 bridgehead atoms. The van der Waals surface area contributed by atoms with Crippen LogP contribution in [0.2, 0.25) is 5.02 Å². The lowest BCUT2D eigenvalue weighted by Crippen LogP contribution is -2.40. The summed E-state index contributed by atoms with van der Waals surface area (Å²) < 4.78 is 33.2. The number of nitrogens with one attached hydrogen (secondary N) is 1. The maximum absolute atomic E-state index is 12.9. The van der Waals surface area contributed by atoms with Crippen LogP contribution in [0.1, 0.15) is 15.9 Å². The summed E-state index contributed by atoms with van der Waals surface area (Å²) in [4.78, 5) is 12.5. The van der Waals surface area contributed by atoms with Gasteiger partial charge in [-0.05, 0) is 48.9 Å². The van der Waals surface area contributed by atoms with Gasteiger partial charge in [0, 0.05) is 28.8 Å². The van der Waals surface area contributed by atoms with Gasteiger partial charge in [-0.3, -0.25) is 4.79 Å². The van der Waals surface area contributed by atoms with Crippen LogP contribution in [0.4, 0.5) is 5.69 Å². The first-order chi connectivity index (χ1) is 12.8. The Morgan fingerprint density at radius 1 is 1.19 bits per heavy atom. The van der Waals surface area contributed by atoms with Crippen molar-refractivity contribution in [2.75, 3.05) is 31.6 Å². The quantitative estimate of drug-likeness (QED) is 0.735. The van der Waals surface area contributed by atoms with Gasteiger partial charge in [0.25, 0.3) is 5.91 Å². The van der Waals surface area contributed by atoms with Crippen LogP contribution >= 0.6 is 27.5 Å². The highest BCUT2D eigenvalue weighted by molar-refractivity contribution is 9.10. The summed E-state index contributed by atoms with van der Waals surface area (Å²) in [6, 6.07) is 9.66. The first-order valence-electron chi connectivity index (χ1n) is 8.24. The van der Waals surface area contributed by atoms with Gasteiger partial charge in [-0.25, -0.2) is 8.42 Å². The van der Waals surface area contributed by atoms with Crippen LogP contribution < -0.4 is 5.32 Å². The third-order valence-corrected chi connectivity index (χ3v) is 7.47. The Kier molecular flexibility index (Phi) is 6.22. The third kappa shape index (κ3) is 4.52. The maximum atomic E-state index is 12.9. The van der Waals surface area contributed by atoms with Gasteiger partial charge in [-0.1, -0.05) is 27.5 Å². The topological polar surface area (TPSA) is 75.7 Å². The highest BCUT2D eigenvalue weighted by Gasteiger charge is 2.29. The molecule has 1 aliphatic heterocycles. The second-order valence-corrected chi connectivity index (χ2v) is 9.25. The van der Waals surface area contributed by atoms with Gasteiger partial charge < -0.3 is 10.1 Å². The summed E-state index contributed by atoms with van der Waals surface area (Å²) in [7, 11) is -3.80. The molecule has 0 saturated carbocycles. The highest BCUT2D eigenvalue weighted by Crippen LogP contribution is 2.27. The molecule has 1 aliphatic rings. The number of aryl methyl sites for hydroxylation is 1. The number of ether oxygens (including phenoxy) is 1. The molecule has 0 aromatic heterocycles. The smallest absolute Gasteiger partial charge is 0.255 e. The lowest BCUT2D eigenvalue weighted by atomic mass is 10.2. The molecule has 2 aromatic carbocycles. The zero-order valence-electron chi connectivity index (χ0n) is 14.5. The van der Waals surface area contributed by atoms with Crippen LogP contribution in [0, 0.1) is 6.92 Å². The first kappa shape index (κ1) is 20.3. The van der Waals surface area contributed by atoms with Gasteiger partial charge in [0.15, 0.2) is 0 Å². The number of halogens is 2. The van der Waals surface area contributed by atoms with E-state index >= 15 is 0 Å². The molecule has 0 radical (unpaired) electrons. The predicted octanol–water partition coefficient (Wildman–Crippen LogP) is 3.68. The number of carbonyl (C=O) groups is 1. The Morgan fingerprint density at radius 2 is 1.89 bits per heavy atom. The molecule has 6 nitrogen and oxygen atoms in total. The van der Waals surface area contributed by atoms with Crippen LogP contribution in [-0.2, 0) is 14.8 Å². The number of sulfonamides is 1. The van der Waals surface area contributed by atoms with Crippen molar-refractivity contribution in [2.24, 2.45) is 0 Å². The normalized spacial score (nSPS) is 15.5. The van der Waals surface area contributed by atoms with Crippen molar-refractivity contribution in [3.63, 3.8) is 0 Å². The number of carbonyl (C=O) groups excluding carboxylic acids is 1. The Labute approximate surface area is 171 Å².